The van der Waals surface area contributed by atoms with Gasteiger partial charge in [-0.25, -0.2) is 0 Å². The zero-order chi connectivity index (χ0) is 24.8. The van der Waals surface area contributed by atoms with Crippen LogP contribution in [0.25, 0.3) is 5.76 Å². The van der Waals surface area contributed by atoms with Gasteiger partial charge in [0.25, 0.3) is 11.7 Å². The number of fused-ring (bicyclic) bond motifs is 1. The van der Waals surface area contributed by atoms with Gasteiger partial charge in [0.15, 0.2) is 0 Å². The van der Waals surface area contributed by atoms with Crippen molar-refractivity contribution in [3.63, 3.8) is 0 Å². The molecule has 6 rings (SSSR count). The number of anilines is 2. The SMILES string of the molecule is Cc1ccccc1C1/C(=C(\O)c2ccc3c(c2)CCO3)C(=O)C(=O)N1c1ccc(N2CCCC2)cc1. The number of Topliss-reactive ketones (excluding diaryl/α,β-unsaturated/α-hetero) is 1. The van der Waals surface area contributed by atoms with Crippen molar-refractivity contribution < 1.29 is 19.4 Å². The molecule has 36 heavy (non-hydrogen) atoms. The van der Waals surface area contributed by atoms with E-state index in [0.717, 1.165) is 47.6 Å². The third-order valence-electron chi connectivity index (χ3n) is 7.49. The van der Waals surface area contributed by atoms with E-state index in [9.17, 15) is 14.7 Å². The second-order valence-corrected chi connectivity index (χ2v) is 9.66. The minimum absolute atomic E-state index is 0.108. The van der Waals surface area contributed by atoms with Crippen LogP contribution in [0.1, 0.15) is 41.1 Å². The van der Waals surface area contributed by atoms with E-state index in [1.54, 1.807) is 6.07 Å². The molecule has 0 saturated carbocycles. The number of amides is 1. The molecule has 0 bridgehead atoms. The fraction of sp³-hybridized carbons (Fsp3) is 0.267. The average molecular weight is 481 g/mol. The largest absolute Gasteiger partial charge is 0.507 e. The number of rotatable bonds is 4. The molecule has 1 N–H and O–H groups in total. The van der Waals surface area contributed by atoms with Gasteiger partial charge in [0.2, 0.25) is 0 Å². The molecular formula is C30H28N2O4. The van der Waals surface area contributed by atoms with Gasteiger partial charge in [0.1, 0.15) is 11.5 Å². The number of hydrogen-bond acceptors (Lipinski definition) is 5. The Morgan fingerprint density at radius 3 is 2.42 bits per heavy atom. The van der Waals surface area contributed by atoms with Gasteiger partial charge in [-0.1, -0.05) is 24.3 Å². The lowest BCUT2D eigenvalue weighted by Gasteiger charge is -2.27. The minimum atomic E-state index is -0.728. The molecule has 3 aliphatic rings. The van der Waals surface area contributed by atoms with Crippen molar-refractivity contribution in [3.05, 3.63) is 94.6 Å². The first-order valence-corrected chi connectivity index (χ1v) is 12.5. The molecular weight excluding hydrogens is 452 g/mol. The summed E-state index contributed by atoms with van der Waals surface area (Å²) in [6.45, 7) is 4.61. The average Bonchev–Trinajstić information content (AvgIpc) is 3.65. The Labute approximate surface area is 210 Å². The third-order valence-corrected chi connectivity index (χ3v) is 7.49. The number of nitrogens with zero attached hydrogens (tertiary/aromatic N) is 2. The summed E-state index contributed by atoms with van der Waals surface area (Å²) in [4.78, 5) is 30.8. The van der Waals surface area contributed by atoms with Gasteiger partial charge in [0, 0.05) is 36.4 Å². The maximum Gasteiger partial charge on any atom is 0.300 e. The van der Waals surface area contributed by atoms with Gasteiger partial charge >= 0.3 is 0 Å². The molecule has 3 aromatic carbocycles. The fourth-order valence-corrected chi connectivity index (χ4v) is 5.58. The summed E-state index contributed by atoms with van der Waals surface area (Å²) in [5.41, 5.74) is 5.10. The summed E-state index contributed by atoms with van der Waals surface area (Å²) in [5.74, 6) is -0.683. The zero-order valence-electron chi connectivity index (χ0n) is 20.2. The number of hydrogen-bond donors (Lipinski definition) is 1. The Hall–Kier alpha value is -4.06. The Morgan fingerprint density at radius 1 is 0.944 bits per heavy atom. The van der Waals surface area contributed by atoms with E-state index in [4.69, 9.17) is 4.74 Å². The van der Waals surface area contributed by atoms with Crippen LogP contribution in [0.15, 0.2) is 72.3 Å². The Morgan fingerprint density at radius 2 is 1.67 bits per heavy atom. The third kappa shape index (κ3) is 3.65. The minimum Gasteiger partial charge on any atom is -0.507 e. The Kier molecular flexibility index (Phi) is 5.52. The van der Waals surface area contributed by atoms with E-state index in [2.05, 4.69) is 4.90 Å². The summed E-state index contributed by atoms with van der Waals surface area (Å²) in [6, 6.07) is 20.2. The molecule has 1 atom stereocenters. The quantitative estimate of drug-likeness (QED) is 0.318. The molecule has 0 radical (unpaired) electrons. The van der Waals surface area contributed by atoms with Crippen LogP contribution in [0.4, 0.5) is 11.4 Å². The lowest BCUT2D eigenvalue weighted by molar-refractivity contribution is -0.132. The second-order valence-electron chi connectivity index (χ2n) is 9.66. The van der Waals surface area contributed by atoms with Crippen LogP contribution in [0.3, 0.4) is 0 Å². The molecule has 0 spiro atoms. The van der Waals surface area contributed by atoms with Gasteiger partial charge in [0.05, 0.1) is 18.2 Å². The summed E-state index contributed by atoms with van der Waals surface area (Å²) in [5, 5.41) is 11.4. The summed E-state index contributed by atoms with van der Waals surface area (Å²) in [6.07, 6.45) is 3.10. The van der Waals surface area contributed by atoms with Crippen LogP contribution in [0, 0.1) is 6.92 Å². The molecule has 3 heterocycles. The van der Waals surface area contributed by atoms with E-state index in [0.29, 0.717) is 17.9 Å². The predicted molar refractivity (Wildman–Crippen MR) is 139 cm³/mol. The highest BCUT2D eigenvalue weighted by Gasteiger charge is 2.47. The lowest BCUT2D eigenvalue weighted by atomic mass is 9.92. The van der Waals surface area contributed by atoms with E-state index < -0.39 is 17.7 Å². The molecule has 6 nitrogen and oxygen atoms in total. The molecule has 6 heteroatoms. The second kappa shape index (κ2) is 8.86. The van der Waals surface area contributed by atoms with E-state index in [1.807, 2.05) is 67.6 Å². The highest BCUT2D eigenvalue weighted by Crippen LogP contribution is 2.44. The van der Waals surface area contributed by atoms with Crippen LogP contribution in [0.2, 0.25) is 0 Å². The molecule has 1 amide bonds. The van der Waals surface area contributed by atoms with Gasteiger partial charge in [-0.2, -0.15) is 0 Å². The first-order chi connectivity index (χ1) is 17.5. The maximum atomic E-state index is 13.5. The number of carbonyl (C=O) groups excluding carboxylic acids is 2. The molecule has 2 saturated heterocycles. The fourth-order valence-electron chi connectivity index (χ4n) is 5.58. The number of carbonyl (C=O) groups is 2. The number of aliphatic hydroxyl groups excluding tert-OH is 1. The van der Waals surface area contributed by atoms with Gasteiger partial charge in [-0.3, -0.25) is 14.5 Å². The van der Waals surface area contributed by atoms with Crippen molar-refractivity contribution in [3.8, 4) is 5.75 Å². The van der Waals surface area contributed by atoms with Crippen LogP contribution < -0.4 is 14.5 Å². The smallest absolute Gasteiger partial charge is 0.300 e. The van der Waals surface area contributed by atoms with Gasteiger partial charge < -0.3 is 14.7 Å². The van der Waals surface area contributed by atoms with Crippen molar-refractivity contribution >= 4 is 28.8 Å². The number of benzene rings is 3. The first-order valence-electron chi connectivity index (χ1n) is 12.5. The van der Waals surface area contributed by atoms with Crippen LogP contribution >= 0.6 is 0 Å². The maximum absolute atomic E-state index is 13.5. The molecule has 1 unspecified atom stereocenters. The topological polar surface area (TPSA) is 70.1 Å². The van der Waals surface area contributed by atoms with Crippen molar-refractivity contribution in [1.29, 1.82) is 0 Å². The van der Waals surface area contributed by atoms with E-state index in [-0.39, 0.29) is 11.3 Å². The highest BCUT2D eigenvalue weighted by molar-refractivity contribution is 6.51. The Bertz CT molecular complexity index is 1390. The number of aliphatic hydroxyl groups is 1. The van der Waals surface area contributed by atoms with Crippen LogP contribution in [-0.2, 0) is 16.0 Å². The molecule has 182 valence electrons. The van der Waals surface area contributed by atoms with Crippen molar-refractivity contribution in [2.45, 2.75) is 32.2 Å². The number of aryl methyl sites for hydroxylation is 1. The monoisotopic (exact) mass is 480 g/mol. The normalized spacial score (nSPS) is 20.6. The van der Waals surface area contributed by atoms with Gasteiger partial charge in [-0.15, -0.1) is 0 Å². The first kappa shape index (κ1) is 22.4. The highest BCUT2D eigenvalue weighted by atomic mass is 16.5. The molecule has 0 aromatic heterocycles. The summed E-state index contributed by atoms with van der Waals surface area (Å²) in [7, 11) is 0. The van der Waals surface area contributed by atoms with Crippen molar-refractivity contribution in [2.24, 2.45) is 0 Å². The van der Waals surface area contributed by atoms with Gasteiger partial charge in [-0.05, 0) is 78.9 Å². The van der Waals surface area contributed by atoms with E-state index >= 15 is 0 Å². The summed E-state index contributed by atoms with van der Waals surface area (Å²) >= 11 is 0. The Balaban J connectivity index is 1.48. The van der Waals surface area contributed by atoms with Crippen LogP contribution in [0.5, 0.6) is 5.75 Å². The van der Waals surface area contributed by atoms with Crippen molar-refractivity contribution in [2.75, 3.05) is 29.5 Å². The molecule has 2 fully saturated rings. The standard InChI is InChI=1S/C30H28N2O4/c1-19-6-2-3-7-24(19)27-26(28(33)21-8-13-25-20(18-21)14-17-36-25)29(34)30(35)32(27)23-11-9-22(10-12-23)31-15-4-5-16-31/h2-3,6-13,18,27,33H,4-5,14-17H2,1H3/b28-26+. The van der Waals surface area contributed by atoms with Crippen LogP contribution in [-0.4, -0.2) is 36.5 Å². The van der Waals surface area contributed by atoms with E-state index in [1.165, 1.54) is 17.7 Å². The van der Waals surface area contributed by atoms with Crippen molar-refractivity contribution in [1.82, 2.24) is 0 Å². The molecule has 0 aliphatic carbocycles. The lowest BCUT2D eigenvalue weighted by Crippen LogP contribution is -2.29. The number of ketones is 1. The number of ether oxygens (including phenoxy) is 1. The molecule has 3 aromatic rings. The predicted octanol–water partition coefficient (Wildman–Crippen LogP) is 5.16. The zero-order valence-corrected chi connectivity index (χ0v) is 20.2. The molecule has 3 aliphatic heterocycles. The summed E-state index contributed by atoms with van der Waals surface area (Å²) < 4.78 is 5.59.